The molecule has 1 aromatic carbocycles. The average Bonchev–Trinajstić information content (AvgIpc) is 2.91. The summed E-state index contributed by atoms with van der Waals surface area (Å²) in [5.74, 6) is 2.42. The molecule has 1 heterocycles. The van der Waals surface area contributed by atoms with E-state index in [0.29, 0.717) is 23.1 Å². The molecule has 0 saturated carbocycles. The van der Waals surface area contributed by atoms with Crippen molar-refractivity contribution in [3.63, 3.8) is 0 Å². The maximum atomic E-state index is 5.32. The molecule has 0 radical (unpaired) electrons. The van der Waals surface area contributed by atoms with Gasteiger partial charge in [0.15, 0.2) is 17.3 Å². The molecule has 1 aromatic heterocycles. The molecule has 0 N–H and O–H groups in total. The molecule has 0 atom stereocenters. The highest BCUT2D eigenvalue weighted by Crippen LogP contribution is 2.37. The molecule has 0 saturated heterocycles. The number of ether oxygens (including phenoxy) is 3. The van der Waals surface area contributed by atoms with Crippen molar-refractivity contribution >= 4 is 18.0 Å². The first-order chi connectivity index (χ1) is 10.6. The van der Waals surface area contributed by atoms with Crippen molar-refractivity contribution < 1.29 is 14.2 Å². The number of aromatic nitrogens is 3. The molecule has 22 heavy (non-hydrogen) atoms. The van der Waals surface area contributed by atoms with E-state index in [1.54, 1.807) is 32.2 Å². The van der Waals surface area contributed by atoms with Crippen LogP contribution < -0.4 is 14.2 Å². The SMILES string of the molecule is COc1cc(/C=N\n2c(C)nnc2SC)cc(OC)c1OC. The van der Waals surface area contributed by atoms with Crippen LogP contribution >= 0.6 is 11.8 Å². The lowest BCUT2D eigenvalue weighted by molar-refractivity contribution is 0.324. The van der Waals surface area contributed by atoms with Crippen LogP contribution in [0.15, 0.2) is 22.4 Å². The molecule has 0 aliphatic heterocycles. The van der Waals surface area contributed by atoms with E-state index in [-0.39, 0.29) is 0 Å². The standard InChI is InChI=1S/C14H18N4O3S/c1-9-16-17-14(22-5)18(9)15-8-10-6-11(19-2)13(21-4)12(7-10)20-3/h6-8H,1-5H3/b15-8-. The monoisotopic (exact) mass is 322 g/mol. The molecule has 0 aliphatic carbocycles. The van der Waals surface area contributed by atoms with E-state index in [4.69, 9.17) is 14.2 Å². The number of hydrogen-bond donors (Lipinski definition) is 0. The van der Waals surface area contributed by atoms with Crippen molar-refractivity contribution in [3.8, 4) is 17.2 Å². The lowest BCUT2D eigenvalue weighted by atomic mass is 10.2. The van der Waals surface area contributed by atoms with Gasteiger partial charge in [0.2, 0.25) is 10.9 Å². The molecule has 7 nitrogen and oxygen atoms in total. The van der Waals surface area contributed by atoms with E-state index in [2.05, 4.69) is 15.3 Å². The topological polar surface area (TPSA) is 70.8 Å². The van der Waals surface area contributed by atoms with Crippen molar-refractivity contribution in [1.29, 1.82) is 0 Å². The van der Waals surface area contributed by atoms with Gasteiger partial charge in [-0.3, -0.25) is 0 Å². The van der Waals surface area contributed by atoms with Crippen molar-refractivity contribution in [2.24, 2.45) is 5.10 Å². The fourth-order valence-corrected chi connectivity index (χ4v) is 2.37. The number of thioether (sulfide) groups is 1. The first-order valence-electron chi connectivity index (χ1n) is 6.45. The second-order valence-electron chi connectivity index (χ2n) is 4.25. The van der Waals surface area contributed by atoms with Gasteiger partial charge in [0.1, 0.15) is 0 Å². The van der Waals surface area contributed by atoms with Crippen LogP contribution in [-0.4, -0.2) is 48.7 Å². The number of nitrogens with zero attached hydrogens (tertiary/aromatic N) is 4. The normalized spacial score (nSPS) is 11.0. The minimum Gasteiger partial charge on any atom is -0.493 e. The lowest BCUT2D eigenvalue weighted by Crippen LogP contribution is -1.98. The molecule has 2 rings (SSSR count). The maximum Gasteiger partial charge on any atom is 0.211 e. The molecule has 0 bridgehead atoms. The second-order valence-corrected chi connectivity index (χ2v) is 5.02. The van der Waals surface area contributed by atoms with Gasteiger partial charge in [0.25, 0.3) is 0 Å². The van der Waals surface area contributed by atoms with Gasteiger partial charge in [-0.05, 0) is 25.3 Å². The molecular formula is C14H18N4O3S. The fraction of sp³-hybridized carbons (Fsp3) is 0.357. The summed E-state index contributed by atoms with van der Waals surface area (Å²) in [6.07, 6.45) is 3.62. The summed E-state index contributed by atoms with van der Waals surface area (Å²) in [5.41, 5.74) is 0.814. The molecule has 118 valence electrons. The van der Waals surface area contributed by atoms with E-state index < -0.39 is 0 Å². The molecule has 2 aromatic rings. The summed E-state index contributed by atoms with van der Waals surface area (Å²) in [4.78, 5) is 0. The molecule has 8 heteroatoms. The third kappa shape index (κ3) is 3.16. The molecule has 0 amide bonds. The Hall–Kier alpha value is -2.22. The average molecular weight is 322 g/mol. The Morgan fingerprint density at radius 1 is 1.09 bits per heavy atom. The van der Waals surface area contributed by atoms with E-state index in [9.17, 15) is 0 Å². The van der Waals surface area contributed by atoms with Crippen molar-refractivity contribution in [2.45, 2.75) is 12.1 Å². The number of aryl methyl sites for hydroxylation is 1. The summed E-state index contributed by atoms with van der Waals surface area (Å²) in [7, 11) is 4.72. The van der Waals surface area contributed by atoms with E-state index >= 15 is 0 Å². The van der Waals surface area contributed by atoms with Gasteiger partial charge in [-0.25, -0.2) is 0 Å². The van der Waals surface area contributed by atoms with Crippen molar-refractivity contribution in [3.05, 3.63) is 23.5 Å². The zero-order valence-corrected chi connectivity index (χ0v) is 14.0. The van der Waals surface area contributed by atoms with Gasteiger partial charge in [0.05, 0.1) is 27.5 Å². The van der Waals surface area contributed by atoms with Gasteiger partial charge >= 0.3 is 0 Å². The maximum absolute atomic E-state index is 5.32. The number of hydrogen-bond acceptors (Lipinski definition) is 7. The molecule has 0 fully saturated rings. The summed E-state index contributed by atoms with van der Waals surface area (Å²) in [6.45, 7) is 1.85. The predicted octanol–water partition coefficient (Wildman–Crippen LogP) is 2.22. The minimum absolute atomic E-state index is 0.549. The fourth-order valence-electron chi connectivity index (χ4n) is 1.90. The minimum atomic E-state index is 0.549. The van der Waals surface area contributed by atoms with Crippen LogP contribution in [0.3, 0.4) is 0 Å². The third-order valence-electron chi connectivity index (χ3n) is 2.96. The Labute approximate surface area is 133 Å². The van der Waals surface area contributed by atoms with Gasteiger partial charge in [-0.15, -0.1) is 10.2 Å². The van der Waals surface area contributed by atoms with Crippen LogP contribution in [0.1, 0.15) is 11.4 Å². The Balaban J connectivity index is 2.41. The molecular weight excluding hydrogens is 304 g/mol. The highest BCUT2D eigenvalue weighted by molar-refractivity contribution is 7.98. The second kappa shape index (κ2) is 7.17. The summed E-state index contributed by atoms with van der Waals surface area (Å²) in [5, 5.41) is 13.2. The highest BCUT2D eigenvalue weighted by Gasteiger charge is 2.12. The van der Waals surface area contributed by atoms with Crippen LogP contribution in [0.25, 0.3) is 0 Å². The third-order valence-corrected chi connectivity index (χ3v) is 3.58. The van der Waals surface area contributed by atoms with Crippen LogP contribution in [0, 0.1) is 6.92 Å². The number of methoxy groups -OCH3 is 3. The van der Waals surface area contributed by atoms with Crippen LogP contribution in [0.4, 0.5) is 0 Å². The van der Waals surface area contributed by atoms with Crippen LogP contribution in [0.5, 0.6) is 17.2 Å². The van der Waals surface area contributed by atoms with Gasteiger partial charge < -0.3 is 14.2 Å². The summed E-state index contributed by atoms with van der Waals surface area (Å²) in [6, 6.07) is 3.65. The van der Waals surface area contributed by atoms with Crippen LogP contribution in [-0.2, 0) is 0 Å². The number of benzene rings is 1. The lowest BCUT2D eigenvalue weighted by Gasteiger charge is -2.12. The Kier molecular flexibility index (Phi) is 5.26. The number of rotatable bonds is 6. The Bertz CT molecular complexity index is 660. The van der Waals surface area contributed by atoms with E-state index in [1.165, 1.54) is 11.8 Å². The molecule has 0 aliphatic rings. The molecule has 0 unspecified atom stereocenters. The largest absolute Gasteiger partial charge is 0.493 e. The van der Waals surface area contributed by atoms with Crippen LogP contribution in [0.2, 0.25) is 0 Å². The molecule has 0 spiro atoms. The summed E-state index contributed by atoms with van der Waals surface area (Å²) < 4.78 is 17.6. The first kappa shape index (κ1) is 16.2. The zero-order valence-electron chi connectivity index (χ0n) is 13.2. The Morgan fingerprint density at radius 3 is 2.23 bits per heavy atom. The quantitative estimate of drug-likeness (QED) is 0.600. The van der Waals surface area contributed by atoms with Gasteiger partial charge in [-0.2, -0.15) is 9.78 Å². The predicted molar refractivity (Wildman–Crippen MR) is 85.6 cm³/mol. The highest BCUT2D eigenvalue weighted by atomic mass is 32.2. The van der Waals surface area contributed by atoms with E-state index in [0.717, 1.165) is 10.7 Å². The van der Waals surface area contributed by atoms with Gasteiger partial charge in [-0.1, -0.05) is 11.8 Å². The van der Waals surface area contributed by atoms with E-state index in [1.807, 2.05) is 25.3 Å². The summed E-state index contributed by atoms with van der Waals surface area (Å²) >= 11 is 1.48. The zero-order chi connectivity index (χ0) is 16.1. The van der Waals surface area contributed by atoms with Crippen molar-refractivity contribution in [2.75, 3.05) is 27.6 Å². The van der Waals surface area contributed by atoms with Crippen molar-refractivity contribution in [1.82, 2.24) is 14.9 Å². The Morgan fingerprint density at radius 2 is 1.73 bits per heavy atom. The van der Waals surface area contributed by atoms with Gasteiger partial charge in [0, 0.05) is 5.56 Å². The smallest absolute Gasteiger partial charge is 0.211 e. The first-order valence-corrected chi connectivity index (χ1v) is 7.67.